The van der Waals surface area contributed by atoms with Gasteiger partial charge in [0.15, 0.2) is 0 Å². The number of fused-ring (bicyclic) bond motifs is 1. The molecule has 262 valence electrons. The highest BCUT2D eigenvalue weighted by atomic mass is 35.5. The maximum atomic E-state index is 10.4. The Balaban J connectivity index is 1.13. The van der Waals surface area contributed by atoms with Gasteiger partial charge in [0.2, 0.25) is 0 Å². The molecule has 0 aromatic rings. The van der Waals surface area contributed by atoms with E-state index in [0.29, 0.717) is 30.1 Å². The van der Waals surface area contributed by atoms with Crippen LogP contribution in [0.2, 0.25) is 0 Å². The molecule has 0 spiro atoms. The van der Waals surface area contributed by atoms with E-state index >= 15 is 0 Å². The van der Waals surface area contributed by atoms with Gasteiger partial charge in [-0.2, -0.15) is 5.26 Å². The molecule has 8 heteroatoms. The maximum absolute atomic E-state index is 10.4. The zero-order valence-electron chi connectivity index (χ0n) is 29.0. The second-order valence-electron chi connectivity index (χ2n) is 16.1. The minimum atomic E-state index is -0.0178. The van der Waals surface area contributed by atoms with Crippen molar-refractivity contribution in [2.24, 2.45) is 23.7 Å². The van der Waals surface area contributed by atoms with Crippen molar-refractivity contribution in [3.63, 3.8) is 0 Å². The number of hydrogen-bond acceptors (Lipinski definition) is 7. The molecule has 4 saturated carbocycles. The molecule has 0 aromatic carbocycles. The van der Waals surface area contributed by atoms with Crippen molar-refractivity contribution in [3.05, 3.63) is 0 Å². The van der Waals surface area contributed by atoms with Crippen LogP contribution < -0.4 is 16.0 Å². The fourth-order valence-electron chi connectivity index (χ4n) is 10.4. The van der Waals surface area contributed by atoms with Gasteiger partial charge in [0.25, 0.3) is 0 Å². The number of halogens is 1. The van der Waals surface area contributed by atoms with E-state index in [-0.39, 0.29) is 29.5 Å². The molecule has 10 atom stereocenters. The van der Waals surface area contributed by atoms with Gasteiger partial charge >= 0.3 is 0 Å². The van der Waals surface area contributed by atoms with Crippen molar-refractivity contribution in [3.8, 4) is 6.07 Å². The van der Waals surface area contributed by atoms with Gasteiger partial charge in [-0.25, -0.2) is 0 Å². The first-order valence-corrected chi connectivity index (χ1v) is 20.3. The first-order valence-electron chi connectivity index (χ1n) is 19.8. The Bertz CT molecular complexity index is 913. The van der Waals surface area contributed by atoms with Crippen LogP contribution >= 0.6 is 11.6 Å². The average molecular weight is 660 g/mol. The molecule has 2 aliphatic heterocycles. The molecule has 7 nitrogen and oxygen atoms in total. The van der Waals surface area contributed by atoms with Gasteiger partial charge in [-0.05, 0) is 102 Å². The largest absolute Gasteiger partial charge is 0.377 e. The fraction of sp³-hybridized carbons (Fsp3) is 0.974. The maximum Gasteiger partial charge on any atom is 0.0745 e. The van der Waals surface area contributed by atoms with E-state index in [4.69, 9.17) is 21.1 Å². The van der Waals surface area contributed by atoms with Gasteiger partial charge in [-0.15, -0.1) is 11.6 Å². The van der Waals surface area contributed by atoms with Gasteiger partial charge in [0.05, 0.1) is 36.2 Å². The third-order valence-corrected chi connectivity index (χ3v) is 13.4. The van der Waals surface area contributed by atoms with Crippen molar-refractivity contribution >= 4 is 11.6 Å². The summed E-state index contributed by atoms with van der Waals surface area (Å²) in [5, 5.41) is 22.0. The second-order valence-corrected chi connectivity index (χ2v) is 16.7. The molecule has 46 heavy (non-hydrogen) atoms. The summed E-state index contributed by atoms with van der Waals surface area (Å²) in [6, 6.07) is 4.59. The molecule has 6 aliphatic rings. The van der Waals surface area contributed by atoms with E-state index in [1.165, 1.54) is 96.6 Å². The highest BCUT2D eigenvalue weighted by Gasteiger charge is 2.49. The van der Waals surface area contributed by atoms with Crippen LogP contribution in [0.5, 0.6) is 0 Å². The normalized spacial score (nSPS) is 40.0. The van der Waals surface area contributed by atoms with Crippen LogP contribution in [0.1, 0.15) is 122 Å². The summed E-state index contributed by atoms with van der Waals surface area (Å²) in [5.74, 6) is 2.07. The van der Waals surface area contributed by atoms with Crippen LogP contribution in [-0.4, -0.2) is 92.1 Å². The molecular weight excluding hydrogens is 594 g/mol. The molecule has 0 bridgehead atoms. The predicted molar refractivity (Wildman–Crippen MR) is 187 cm³/mol. The third kappa shape index (κ3) is 9.40. The zero-order chi connectivity index (χ0) is 31.7. The highest BCUT2D eigenvalue weighted by molar-refractivity contribution is 6.21. The molecule has 0 aromatic heterocycles. The van der Waals surface area contributed by atoms with Gasteiger partial charge in [-0.3, -0.25) is 4.90 Å². The van der Waals surface area contributed by atoms with E-state index in [0.717, 1.165) is 70.2 Å². The Kier molecular flexibility index (Phi) is 13.8. The quantitative estimate of drug-likeness (QED) is 0.210. The lowest BCUT2D eigenvalue weighted by Crippen LogP contribution is -2.66. The number of nitrogens with zero attached hydrogens (tertiary/aromatic N) is 2. The summed E-state index contributed by atoms with van der Waals surface area (Å²) >= 11 is 7.04. The number of alkyl halides is 1. The number of ether oxygens (including phenoxy) is 2. The van der Waals surface area contributed by atoms with E-state index < -0.39 is 0 Å². The minimum absolute atomic E-state index is 0.0178. The molecule has 0 amide bonds. The summed E-state index contributed by atoms with van der Waals surface area (Å²) in [5.41, 5.74) is 0. The monoisotopic (exact) mass is 659 g/mol. The summed E-state index contributed by atoms with van der Waals surface area (Å²) in [6.07, 6.45) is 23.4. The van der Waals surface area contributed by atoms with E-state index in [2.05, 4.69) is 33.8 Å². The zero-order valence-corrected chi connectivity index (χ0v) is 29.7. The van der Waals surface area contributed by atoms with Crippen LogP contribution in [0.3, 0.4) is 0 Å². The standard InChI is InChI=1S/C38H66ClN5O2/c1-2-45-37-21-34-32(20-35(37)44(24-27-11-5-3-6-12-27)25-28-13-7-4-8-14-28)38(29(22-40)23-42-34)43-30-16-17-36(33(39)19-30)46-26-31-15-9-10-18-41-31/h27-38,41-43H,2-21,23-26H2,1H3. The summed E-state index contributed by atoms with van der Waals surface area (Å²) in [7, 11) is 0. The Hall–Kier alpha value is -0.460. The van der Waals surface area contributed by atoms with Gasteiger partial charge in [-0.1, -0.05) is 44.9 Å². The first kappa shape index (κ1) is 35.4. The molecular formula is C38H66ClN5O2. The molecule has 10 unspecified atom stereocenters. The molecule has 6 fully saturated rings. The van der Waals surface area contributed by atoms with Crippen LogP contribution in [0.15, 0.2) is 0 Å². The summed E-state index contributed by atoms with van der Waals surface area (Å²) in [4.78, 5) is 2.94. The first-order chi connectivity index (χ1) is 22.6. The van der Waals surface area contributed by atoms with Crippen molar-refractivity contribution in [1.82, 2.24) is 20.9 Å². The number of rotatable bonds is 12. The van der Waals surface area contributed by atoms with Crippen molar-refractivity contribution < 1.29 is 9.47 Å². The third-order valence-electron chi connectivity index (χ3n) is 13.0. The Morgan fingerprint density at radius 1 is 0.804 bits per heavy atom. The number of piperidine rings is 2. The predicted octanol–water partition coefficient (Wildman–Crippen LogP) is 6.39. The lowest BCUT2D eigenvalue weighted by Gasteiger charge is -2.53. The van der Waals surface area contributed by atoms with E-state index in [9.17, 15) is 5.26 Å². The fourth-order valence-corrected chi connectivity index (χ4v) is 10.8. The van der Waals surface area contributed by atoms with Crippen LogP contribution in [0, 0.1) is 35.0 Å². The highest BCUT2D eigenvalue weighted by Crippen LogP contribution is 2.40. The van der Waals surface area contributed by atoms with Crippen molar-refractivity contribution in [2.45, 2.75) is 170 Å². The van der Waals surface area contributed by atoms with Crippen LogP contribution in [0.25, 0.3) is 0 Å². The lowest BCUT2D eigenvalue weighted by molar-refractivity contribution is -0.0752. The number of nitriles is 1. The molecule has 4 aliphatic carbocycles. The number of hydrogen-bond donors (Lipinski definition) is 3. The number of nitrogens with one attached hydrogen (secondary N) is 3. The van der Waals surface area contributed by atoms with Crippen LogP contribution in [0.4, 0.5) is 0 Å². The Labute approximate surface area is 286 Å². The minimum Gasteiger partial charge on any atom is -0.377 e. The topological polar surface area (TPSA) is 81.6 Å². The Morgan fingerprint density at radius 2 is 1.52 bits per heavy atom. The van der Waals surface area contributed by atoms with Gasteiger partial charge in [0.1, 0.15) is 0 Å². The molecule has 2 heterocycles. The molecule has 3 N–H and O–H groups in total. The van der Waals surface area contributed by atoms with E-state index in [1.54, 1.807) is 0 Å². The molecule has 2 saturated heterocycles. The van der Waals surface area contributed by atoms with Crippen molar-refractivity contribution in [1.29, 1.82) is 5.26 Å². The average Bonchev–Trinajstić information content (AvgIpc) is 3.09. The smallest absolute Gasteiger partial charge is 0.0745 e. The SMILES string of the molecule is CCOC1CC2NCC(C#N)C(NC3CCC(OCC4CCCCN4)C(Cl)C3)C2CC1N(CC1CCCCC1)CC1CCCCC1. The lowest BCUT2D eigenvalue weighted by atomic mass is 9.69. The summed E-state index contributed by atoms with van der Waals surface area (Å²) < 4.78 is 13.0. The van der Waals surface area contributed by atoms with Gasteiger partial charge < -0.3 is 25.4 Å². The van der Waals surface area contributed by atoms with Crippen LogP contribution in [-0.2, 0) is 9.47 Å². The second kappa shape index (κ2) is 18.0. The van der Waals surface area contributed by atoms with Crippen molar-refractivity contribution in [2.75, 3.05) is 39.4 Å². The Morgan fingerprint density at radius 3 is 2.15 bits per heavy atom. The van der Waals surface area contributed by atoms with Gasteiger partial charge in [0, 0.05) is 56.5 Å². The molecule has 6 rings (SSSR count). The summed E-state index contributed by atoms with van der Waals surface area (Å²) in [6.45, 7) is 8.09. The molecule has 0 radical (unpaired) electrons. The van der Waals surface area contributed by atoms with E-state index in [1.807, 2.05) is 0 Å².